The summed E-state index contributed by atoms with van der Waals surface area (Å²) in [4.78, 5) is 12.9. The minimum absolute atomic E-state index is 0.0501. The number of aromatic carboxylic acids is 1. The number of nitrogens with zero attached hydrogens (tertiary/aromatic N) is 1. The number of hydrogen-bond donors (Lipinski definition) is 1. The van der Waals surface area contributed by atoms with Crippen molar-refractivity contribution in [3.05, 3.63) is 29.8 Å². The summed E-state index contributed by atoms with van der Waals surface area (Å²) >= 11 is 0. The Kier molecular flexibility index (Phi) is 3.84. The number of benzene rings is 1. The lowest BCUT2D eigenvalue weighted by molar-refractivity contribution is -0.00461. The number of anilines is 1. The predicted octanol–water partition coefficient (Wildman–Crippen LogP) is 1.23. The molecule has 1 fully saturated rings. The molecule has 5 nitrogen and oxygen atoms in total. The highest BCUT2D eigenvalue weighted by Gasteiger charge is 2.32. The van der Waals surface area contributed by atoms with E-state index in [-0.39, 0.29) is 12.2 Å². The second-order valence-corrected chi connectivity index (χ2v) is 4.31. The van der Waals surface area contributed by atoms with E-state index in [1.165, 1.54) is 0 Å². The molecule has 1 aliphatic heterocycles. The number of methoxy groups -OCH3 is 2. The lowest BCUT2D eigenvalue weighted by Crippen LogP contribution is -2.27. The molecule has 0 aliphatic carbocycles. The molecule has 5 heteroatoms. The Hall–Kier alpha value is -1.59. The molecule has 1 heterocycles. The van der Waals surface area contributed by atoms with Gasteiger partial charge in [-0.3, -0.25) is 0 Å². The van der Waals surface area contributed by atoms with Crippen molar-refractivity contribution in [1.29, 1.82) is 0 Å². The van der Waals surface area contributed by atoms with Crippen LogP contribution in [0.15, 0.2) is 24.3 Å². The monoisotopic (exact) mass is 251 g/mol. The molecule has 1 N–H and O–H groups in total. The van der Waals surface area contributed by atoms with Gasteiger partial charge in [0, 0.05) is 33.0 Å². The van der Waals surface area contributed by atoms with Gasteiger partial charge in [-0.25, -0.2) is 4.79 Å². The minimum Gasteiger partial charge on any atom is -0.478 e. The molecular formula is C13H17NO4. The van der Waals surface area contributed by atoms with Crippen LogP contribution >= 0.6 is 0 Å². The van der Waals surface area contributed by atoms with E-state index in [0.29, 0.717) is 5.56 Å². The van der Waals surface area contributed by atoms with E-state index in [1.54, 1.807) is 26.4 Å². The Balaban J connectivity index is 2.11. The van der Waals surface area contributed by atoms with Crippen molar-refractivity contribution < 1.29 is 19.4 Å². The Labute approximate surface area is 106 Å². The van der Waals surface area contributed by atoms with Gasteiger partial charge in [0.05, 0.1) is 5.56 Å². The molecule has 1 aromatic carbocycles. The van der Waals surface area contributed by atoms with Crippen molar-refractivity contribution >= 4 is 11.7 Å². The Bertz CT molecular complexity index is 406. The highest BCUT2D eigenvalue weighted by molar-refractivity contribution is 5.88. The van der Waals surface area contributed by atoms with E-state index in [2.05, 4.69) is 4.90 Å². The number of rotatable bonds is 4. The standard InChI is InChI=1S/C13H17NO4/c1-17-11-7-14(8-12(11)18-2)10-5-3-9(4-6-10)13(15)16/h3-6,11-12H,7-8H2,1-2H3,(H,15,16). The van der Waals surface area contributed by atoms with Gasteiger partial charge in [-0.05, 0) is 24.3 Å². The first-order valence-corrected chi connectivity index (χ1v) is 5.79. The quantitative estimate of drug-likeness (QED) is 0.872. The van der Waals surface area contributed by atoms with Crippen LogP contribution in [0.4, 0.5) is 5.69 Å². The third-order valence-corrected chi connectivity index (χ3v) is 3.30. The maximum absolute atomic E-state index is 10.8. The van der Waals surface area contributed by atoms with Crippen LogP contribution in [-0.4, -0.2) is 50.6 Å². The molecule has 98 valence electrons. The first-order valence-electron chi connectivity index (χ1n) is 5.79. The van der Waals surface area contributed by atoms with Gasteiger partial charge < -0.3 is 19.5 Å². The van der Waals surface area contributed by atoms with Gasteiger partial charge in [0.2, 0.25) is 0 Å². The third kappa shape index (κ3) is 2.47. The van der Waals surface area contributed by atoms with E-state index in [4.69, 9.17) is 14.6 Å². The van der Waals surface area contributed by atoms with Crippen molar-refractivity contribution in [1.82, 2.24) is 0 Å². The van der Waals surface area contributed by atoms with E-state index in [1.807, 2.05) is 12.1 Å². The average Bonchev–Trinajstić information content (AvgIpc) is 2.82. The lowest BCUT2D eigenvalue weighted by atomic mass is 10.2. The predicted molar refractivity (Wildman–Crippen MR) is 67.2 cm³/mol. The fourth-order valence-corrected chi connectivity index (χ4v) is 2.22. The van der Waals surface area contributed by atoms with Crippen LogP contribution in [0.3, 0.4) is 0 Å². The van der Waals surface area contributed by atoms with Gasteiger partial charge in [0.1, 0.15) is 12.2 Å². The second kappa shape index (κ2) is 5.37. The van der Waals surface area contributed by atoms with E-state index in [0.717, 1.165) is 18.8 Å². The number of ether oxygens (including phenoxy) is 2. The van der Waals surface area contributed by atoms with E-state index in [9.17, 15) is 4.79 Å². The van der Waals surface area contributed by atoms with Crippen LogP contribution in [-0.2, 0) is 9.47 Å². The van der Waals surface area contributed by atoms with Crippen LogP contribution in [0.1, 0.15) is 10.4 Å². The van der Waals surface area contributed by atoms with Crippen LogP contribution in [0.25, 0.3) is 0 Å². The molecule has 2 unspecified atom stereocenters. The Morgan fingerprint density at radius 3 is 2.06 bits per heavy atom. The fourth-order valence-electron chi connectivity index (χ4n) is 2.22. The molecule has 1 saturated heterocycles. The van der Waals surface area contributed by atoms with Crippen LogP contribution in [0.2, 0.25) is 0 Å². The van der Waals surface area contributed by atoms with Crippen molar-refractivity contribution in [3.8, 4) is 0 Å². The maximum atomic E-state index is 10.8. The molecule has 0 amide bonds. The molecule has 0 saturated carbocycles. The largest absolute Gasteiger partial charge is 0.478 e. The SMILES string of the molecule is COC1CN(c2ccc(C(=O)O)cc2)CC1OC. The zero-order chi connectivity index (χ0) is 13.1. The van der Waals surface area contributed by atoms with E-state index >= 15 is 0 Å². The summed E-state index contributed by atoms with van der Waals surface area (Å²) < 4.78 is 10.7. The molecule has 0 aromatic heterocycles. The summed E-state index contributed by atoms with van der Waals surface area (Å²) in [5, 5.41) is 8.85. The molecule has 18 heavy (non-hydrogen) atoms. The molecule has 1 aliphatic rings. The van der Waals surface area contributed by atoms with Gasteiger partial charge in [-0.15, -0.1) is 0 Å². The van der Waals surface area contributed by atoms with Crippen LogP contribution < -0.4 is 4.90 Å². The average molecular weight is 251 g/mol. The maximum Gasteiger partial charge on any atom is 0.335 e. The van der Waals surface area contributed by atoms with E-state index < -0.39 is 5.97 Å². The number of carbonyl (C=O) groups is 1. The van der Waals surface area contributed by atoms with Gasteiger partial charge >= 0.3 is 5.97 Å². The van der Waals surface area contributed by atoms with Gasteiger partial charge in [0.15, 0.2) is 0 Å². The summed E-state index contributed by atoms with van der Waals surface area (Å²) in [6.07, 6.45) is 0.100. The van der Waals surface area contributed by atoms with Crippen molar-refractivity contribution in [2.45, 2.75) is 12.2 Å². The Morgan fingerprint density at radius 2 is 1.67 bits per heavy atom. The molecule has 0 bridgehead atoms. The van der Waals surface area contributed by atoms with Crippen molar-refractivity contribution in [3.63, 3.8) is 0 Å². The fraction of sp³-hybridized carbons (Fsp3) is 0.462. The number of hydrogen-bond acceptors (Lipinski definition) is 4. The van der Waals surface area contributed by atoms with Crippen LogP contribution in [0, 0.1) is 0 Å². The normalized spacial score (nSPS) is 23.3. The lowest BCUT2D eigenvalue weighted by Gasteiger charge is -2.18. The first-order chi connectivity index (χ1) is 8.65. The summed E-state index contributed by atoms with van der Waals surface area (Å²) in [5.74, 6) is -0.910. The highest BCUT2D eigenvalue weighted by atomic mass is 16.5. The van der Waals surface area contributed by atoms with Crippen molar-refractivity contribution in [2.24, 2.45) is 0 Å². The summed E-state index contributed by atoms with van der Waals surface area (Å²) in [7, 11) is 3.35. The summed E-state index contributed by atoms with van der Waals surface area (Å²) in [6.45, 7) is 1.50. The molecule has 0 radical (unpaired) electrons. The van der Waals surface area contributed by atoms with Gasteiger partial charge in [-0.2, -0.15) is 0 Å². The summed E-state index contributed by atoms with van der Waals surface area (Å²) in [6, 6.07) is 6.85. The highest BCUT2D eigenvalue weighted by Crippen LogP contribution is 2.23. The molecular weight excluding hydrogens is 234 g/mol. The molecule has 0 spiro atoms. The molecule has 2 atom stereocenters. The van der Waals surface area contributed by atoms with Crippen molar-refractivity contribution in [2.75, 3.05) is 32.2 Å². The zero-order valence-electron chi connectivity index (χ0n) is 10.5. The van der Waals surface area contributed by atoms with Crippen LogP contribution in [0.5, 0.6) is 0 Å². The second-order valence-electron chi connectivity index (χ2n) is 4.31. The first kappa shape index (κ1) is 12.9. The topological polar surface area (TPSA) is 59.0 Å². The van der Waals surface area contributed by atoms with Gasteiger partial charge in [0.25, 0.3) is 0 Å². The molecule has 1 aromatic rings. The zero-order valence-corrected chi connectivity index (χ0v) is 10.5. The third-order valence-electron chi connectivity index (χ3n) is 3.30. The number of carboxylic acid groups (broad SMARTS) is 1. The van der Waals surface area contributed by atoms with Gasteiger partial charge in [-0.1, -0.05) is 0 Å². The minimum atomic E-state index is -0.910. The Morgan fingerprint density at radius 1 is 1.17 bits per heavy atom. The molecule has 2 rings (SSSR count). The summed E-state index contributed by atoms with van der Waals surface area (Å²) in [5.41, 5.74) is 1.28. The number of carboxylic acids is 1. The smallest absolute Gasteiger partial charge is 0.335 e.